The lowest BCUT2D eigenvalue weighted by atomic mass is 9.76. The fourth-order valence-corrected chi connectivity index (χ4v) is 3.77. The Bertz CT molecular complexity index is 952. The monoisotopic (exact) mass is 454 g/mol. The van der Waals surface area contributed by atoms with Crippen molar-refractivity contribution < 1.29 is 14.6 Å². The van der Waals surface area contributed by atoms with Gasteiger partial charge in [-0.2, -0.15) is 0 Å². The van der Waals surface area contributed by atoms with E-state index in [9.17, 15) is 9.90 Å². The number of carbonyl (C=O) groups is 1. The molecule has 0 radical (unpaired) electrons. The van der Waals surface area contributed by atoms with Crippen LogP contribution in [0.15, 0.2) is 42.5 Å². The first-order valence-electron chi connectivity index (χ1n) is 12.1. The quantitative estimate of drug-likeness (QED) is 0.314. The molecule has 0 saturated carbocycles. The average Bonchev–Trinajstić information content (AvgIpc) is 2.77. The second kappa shape index (κ2) is 10.5. The summed E-state index contributed by atoms with van der Waals surface area (Å²) < 4.78 is 6.56. The summed E-state index contributed by atoms with van der Waals surface area (Å²) >= 11 is 0. The molecular weight excluding hydrogens is 412 g/mol. The molecule has 33 heavy (non-hydrogen) atoms. The van der Waals surface area contributed by atoms with Crippen molar-refractivity contribution in [2.24, 2.45) is 5.73 Å². The van der Waals surface area contributed by atoms with E-state index in [-0.39, 0.29) is 16.6 Å². The summed E-state index contributed by atoms with van der Waals surface area (Å²) in [6.07, 6.45) is 3.97. The minimum absolute atomic E-state index is 0.0277. The van der Waals surface area contributed by atoms with Gasteiger partial charge in [0.15, 0.2) is 0 Å². The van der Waals surface area contributed by atoms with Crippen molar-refractivity contribution in [3.63, 3.8) is 0 Å². The fraction of sp³-hybridized carbons (Fsp3) is 0.536. The van der Waals surface area contributed by atoms with Crippen LogP contribution in [0.5, 0.6) is 11.5 Å². The van der Waals surface area contributed by atoms with Crippen molar-refractivity contribution in [2.75, 3.05) is 5.32 Å². The molecule has 1 unspecified atom stereocenters. The molecule has 0 aliphatic heterocycles. The predicted octanol–water partition coefficient (Wildman–Crippen LogP) is 6.63. The molecule has 5 nitrogen and oxygen atoms in total. The van der Waals surface area contributed by atoms with Crippen molar-refractivity contribution in [3.05, 3.63) is 53.6 Å². The number of phenolic OH excluding ortho intramolecular Hbond substituents is 1. The van der Waals surface area contributed by atoms with E-state index in [2.05, 4.69) is 65.9 Å². The highest BCUT2D eigenvalue weighted by molar-refractivity contribution is 5.87. The highest BCUT2D eigenvalue weighted by Gasteiger charge is 2.40. The van der Waals surface area contributed by atoms with E-state index in [1.54, 1.807) is 24.3 Å². The highest BCUT2D eigenvalue weighted by Crippen LogP contribution is 2.40. The first-order valence-corrected chi connectivity index (χ1v) is 12.1. The molecule has 2 aromatic rings. The summed E-state index contributed by atoms with van der Waals surface area (Å²) in [5, 5.41) is 13.1. The Hall–Kier alpha value is -2.69. The number of carbonyl (C=O) groups excluding carboxylic acids is 1. The van der Waals surface area contributed by atoms with Gasteiger partial charge in [-0.1, -0.05) is 73.1 Å². The molecule has 182 valence electrons. The topological polar surface area (TPSA) is 84.6 Å². The van der Waals surface area contributed by atoms with Crippen LogP contribution < -0.4 is 15.8 Å². The van der Waals surface area contributed by atoms with Gasteiger partial charge in [-0.3, -0.25) is 4.79 Å². The lowest BCUT2D eigenvalue weighted by Crippen LogP contribution is -2.55. The first kappa shape index (κ1) is 26.6. The van der Waals surface area contributed by atoms with Gasteiger partial charge >= 0.3 is 0 Å². The van der Waals surface area contributed by atoms with Crippen molar-refractivity contribution in [3.8, 4) is 11.5 Å². The number of hydrogen-bond donors (Lipinski definition) is 3. The normalized spacial score (nSPS) is 13.9. The van der Waals surface area contributed by atoms with Crippen LogP contribution in [0.25, 0.3) is 0 Å². The van der Waals surface area contributed by atoms with Crippen LogP contribution in [-0.2, 0) is 15.6 Å². The Morgan fingerprint density at radius 3 is 2.21 bits per heavy atom. The van der Waals surface area contributed by atoms with Gasteiger partial charge in [-0.05, 0) is 53.9 Å². The van der Waals surface area contributed by atoms with Crippen LogP contribution in [0.2, 0.25) is 0 Å². The molecule has 2 aromatic carbocycles. The van der Waals surface area contributed by atoms with Gasteiger partial charge in [0.2, 0.25) is 0 Å². The van der Waals surface area contributed by atoms with Crippen molar-refractivity contribution >= 4 is 11.6 Å². The lowest BCUT2D eigenvalue weighted by molar-refractivity contribution is -0.131. The van der Waals surface area contributed by atoms with Gasteiger partial charge < -0.3 is 20.9 Å². The lowest BCUT2D eigenvalue weighted by Gasteiger charge is -2.37. The zero-order valence-corrected chi connectivity index (χ0v) is 21.4. The Kier molecular flexibility index (Phi) is 8.45. The van der Waals surface area contributed by atoms with Gasteiger partial charge in [-0.25, -0.2) is 0 Å². The molecule has 0 bridgehead atoms. The third-order valence-electron chi connectivity index (χ3n) is 7.01. The summed E-state index contributed by atoms with van der Waals surface area (Å²) in [4.78, 5) is 12.9. The second-order valence-electron chi connectivity index (χ2n) is 10.3. The largest absolute Gasteiger partial charge is 0.508 e. The smallest absolute Gasteiger partial charge is 0.283 e. The summed E-state index contributed by atoms with van der Waals surface area (Å²) in [5.74, 6) is 0.172. The molecule has 0 fully saturated rings. The molecule has 5 heteroatoms. The number of ether oxygens (including phenoxy) is 1. The minimum Gasteiger partial charge on any atom is -0.508 e. The number of benzene rings is 2. The number of phenols is 1. The zero-order chi connectivity index (χ0) is 24.9. The summed E-state index contributed by atoms with van der Waals surface area (Å²) in [5.41, 5.74) is 7.28. The number of unbranched alkanes of at least 4 members (excludes halogenated alkanes) is 1. The van der Waals surface area contributed by atoms with Gasteiger partial charge in [0.05, 0.1) is 0 Å². The van der Waals surface area contributed by atoms with Gasteiger partial charge in [0, 0.05) is 23.7 Å². The Morgan fingerprint density at radius 1 is 1.00 bits per heavy atom. The standard InChI is InChI=1S/C28H42N2O3/c1-8-11-17-28(25(29)32,30-21-13-12-14-22(31)19-21)33-24-16-15-20(26(4,5)9-2)18-23(24)27(6,7)10-3/h12-16,18-19,30-31H,8-11,17H2,1-7H3,(H2,29,32). The van der Waals surface area contributed by atoms with Crippen LogP contribution >= 0.6 is 0 Å². The minimum atomic E-state index is -1.44. The van der Waals surface area contributed by atoms with Gasteiger partial charge in [0.25, 0.3) is 11.6 Å². The molecular formula is C28H42N2O3. The van der Waals surface area contributed by atoms with E-state index in [4.69, 9.17) is 10.5 Å². The molecule has 4 N–H and O–H groups in total. The molecule has 0 aliphatic rings. The zero-order valence-electron chi connectivity index (χ0n) is 21.4. The summed E-state index contributed by atoms with van der Waals surface area (Å²) in [7, 11) is 0. The van der Waals surface area contributed by atoms with E-state index in [1.807, 2.05) is 6.07 Å². The number of rotatable bonds is 12. The van der Waals surface area contributed by atoms with E-state index in [0.29, 0.717) is 17.9 Å². The number of aromatic hydroxyl groups is 1. The van der Waals surface area contributed by atoms with Crippen LogP contribution in [0, 0.1) is 0 Å². The van der Waals surface area contributed by atoms with Crippen LogP contribution in [0.4, 0.5) is 5.69 Å². The van der Waals surface area contributed by atoms with Crippen molar-refractivity contribution in [1.29, 1.82) is 0 Å². The number of nitrogens with one attached hydrogen (secondary N) is 1. The fourth-order valence-electron chi connectivity index (χ4n) is 3.77. The maximum Gasteiger partial charge on any atom is 0.283 e. The number of hydrogen-bond acceptors (Lipinski definition) is 4. The van der Waals surface area contributed by atoms with E-state index in [1.165, 1.54) is 5.56 Å². The van der Waals surface area contributed by atoms with Crippen molar-refractivity contribution in [1.82, 2.24) is 0 Å². The predicted molar refractivity (Wildman–Crippen MR) is 137 cm³/mol. The summed E-state index contributed by atoms with van der Waals surface area (Å²) in [6, 6.07) is 13.0. The molecule has 0 aromatic heterocycles. The van der Waals surface area contributed by atoms with Crippen LogP contribution in [-0.4, -0.2) is 16.7 Å². The van der Waals surface area contributed by atoms with Gasteiger partial charge in [-0.15, -0.1) is 0 Å². The third kappa shape index (κ3) is 6.21. The summed E-state index contributed by atoms with van der Waals surface area (Å²) in [6.45, 7) is 15.3. The van der Waals surface area contributed by atoms with E-state index in [0.717, 1.165) is 31.2 Å². The molecule has 0 heterocycles. The van der Waals surface area contributed by atoms with Crippen molar-refractivity contribution in [2.45, 2.75) is 97.1 Å². The van der Waals surface area contributed by atoms with Gasteiger partial charge in [0.1, 0.15) is 11.5 Å². The van der Waals surface area contributed by atoms with Crippen LogP contribution in [0.3, 0.4) is 0 Å². The highest BCUT2D eigenvalue weighted by atomic mass is 16.5. The molecule has 0 saturated heterocycles. The maximum atomic E-state index is 12.9. The third-order valence-corrected chi connectivity index (χ3v) is 7.01. The van der Waals surface area contributed by atoms with E-state index >= 15 is 0 Å². The SMILES string of the molecule is CCCCC(Nc1cccc(O)c1)(Oc1ccc(C(C)(C)CC)cc1C(C)(C)CC)C(N)=O. The van der Waals surface area contributed by atoms with E-state index < -0.39 is 11.6 Å². The number of primary amides is 1. The Balaban J connectivity index is 2.63. The van der Waals surface area contributed by atoms with Crippen LogP contribution in [0.1, 0.15) is 91.7 Å². The Labute approximate surface area is 199 Å². The first-order chi connectivity index (χ1) is 15.4. The number of anilines is 1. The number of nitrogens with two attached hydrogens (primary N) is 1. The molecule has 1 atom stereocenters. The second-order valence-corrected chi connectivity index (χ2v) is 10.3. The Morgan fingerprint density at radius 2 is 1.67 bits per heavy atom. The molecule has 1 amide bonds. The molecule has 2 rings (SSSR count). The number of amides is 1. The molecule has 0 spiro atoms. The maximum absolute atomic E-state index is 12.9. The molecule has 0 aliphatic carbocycles. The average molecular weight is 455 g/mol.